The van der Waals surface area contributed by atoms with E-state index in [4.69, 9.17) is 0 Å². The largest absolute Gasteiger partial charge is 0.314 e. The number of nitrogens with zero attached hydrogens (tertiary/aromatic N) is 2. The molecule has 2 fully saturated rings. The molecule has 3 nitrogen and oxygen atoms in total. The lowest BCUT2D eigenvalue weighted by Gasteiger charge is -2.37. The molecule has 0 bridgehead atoms. The smallest absolute Gasteiger partial charge is 0.0110 e. The maximum atomic E-state index is 3.68. The number of nitrogens with one attached hydrogen (secondary N) is 1. The monoisotopic (exact) mass is 267 g/mol. The van der Waals surface area contributed by atoms with Gasteiger partial charge in [0.05, 0.1) is 0 Å². The van der Waals surface area contributed by atoms with E-state index in [9.17, 15) is 0 Å². The van der Waals surface area contributed by atoms with Gasteiger partial charge in [-0.05, 0) is 31.2 Å². The Morgan fingerprint density at radius 1 is 1.05 bits per heavy atom. The summed E-state index contributed by atoms with van der Waals surface area (Å²) in [7, 11) is 0. The topological polar surface area (TPSA) is 18.5 Å². The first-order chi connectivity index (χ1) is 9.19. The summed E-state index contributed by atoms with van der Waals surface area (Å²) in [5.41, 5.74) is 0. The molecule has 3 heteroatoms. The van der Waals surface area contributed by atoms with Crippen molar-refractivity contribution in [1.29, 1.82) is 0 Å². The van der Waals surface area contributed by atoms with Crippen molar-refractivity contribution in [3.63, 3.8) is 0 Å². The van der Waals surface area contributed by atoms with Gasteiger partial charge in [0.2, 0.25) is 0 Å². The van der Waals surface area contributed by atoms with Crippen molar-refractivity contribution >= 4 is 0 Å². The second-order valence-electron chi connectivity index (χ2n) is 6.85. The molecule has 2 unspecified atom stereocenters. The summed E-state index contributed by atoms with van der Waals surface area (Å²) in [6, 6.07) is 0.790. The number of hydrogen-bond donors (Lipinski definition) is 1. The van der Waals surface area contributed by atoms with Gasteiger partial charge >= 0.3 is 0 Å². The quantitative estimate of drug-likeness (QED) is 0.794. The molecule has 112 valence electrons. The minimum Gasteiger partial charge on any atom is -0.314 e. The van der Waals surface area contributed by atoms with Crippen LogP contribution in [0.5, 0.6) is 0 Å². The van der Waals surface area contributed by atoms with E-state index >= 15 is 0 Å². The lowest BCUT2D eigenvalue weighted by molar-refractivity contribution is 0.105. The van der Waals surface area contributed by atoms with Gasteiger partial charge in [-0.3, -0.25) is 0 Å². The molecule has 19 heavy (non-hydrogen) atoms. The maximum absolute atomic E-state index is 3.68. The third-order valence-electron chi connectivity index (χ3n) is 4.71. The highest BCUT2D eigenvalue weighted by molar-refractivity contribution is 4.86. The van der Waals surface area contributed by atoms with E-state index in [0.29, 0.717) is 0 Å². The zero-order chi connectivity index (χ0) is 13.7. The molecule has 0 spiro atoms. The van der Waals surface area contributed by atoms with Gasteiger partial charge in [-0.15, -0.1) is 0 Å². The average Bonchev–Trinajstić information content (AvgIpc) is 2.79. The molecule has 0 aromatic carbocycles. The molecule has 1 heterocycles. The van der Waals surface area contributed by atoms with E-state index in [0.717, 1.165) is 24.4 Å². The summed E-state index contributed by atoms with van der Waals surface area (Å²) >= 11 is 0. The van der Waals surface area contributed by atoms with Crippen molar-refractivity contribution in [1.82, 2.24) is 15.1 Å². The Hall–Kier alpha value is -0.120. The van der Waals surface area contributed by atoms with Gasteiger partial charge in [0.15, 0.2) is 0 Å². The predicted octanol–water partition coefficient (Wildman–Crippen LogP) is 2.04. The molecule has 2 rings (SSSR count). The summed E-state index contributed by atoms with van der Waals surface area (Å²) in [6.07, 6.45) is 4.26. The minimum atomic E-state index is 0.790. The highest BCUT2D eigenvalue weighted by atomic mass is 15.3. The zero-order valence-corrected chi connectivity index (χ0v) is 13.2. The molecule has 2 aliphatic rings. The summed E-state index contributed by atoms with van der Waals surface area (Å²) in [4.78, 5) is 5.34. The summed E-state index contributed by atoms with van der Waals surface area (Å²) in [5, 5.41) is 3.68. The highest BCUT2D eigenvalue weighted by Gasteiger charge is 2.29. The van der Waals surface area contributed by atoms with Gasteiger partial charge in [-0.1, -0.05) is 27.2 Å². The Labute approximate surface area is 119 Å². The maximum Gasteiger partial charge on any atom is 0.0110 e. The number of piperazine rings is 1. The van der Waals surface area contributed by atoms with Crippen LogP contribution in [-0.4, -0.2) is 61.7 Å². The Kier molecular flexibility index (Phi) is 6.11. The fourth-order valence-electron chi connectivity index (χ4n) is 3.79. The zero-order valence-electron chi connectivity index (χ0n) is 13.2. The summed E-state index contributed by atoms with van der Waals surface area (Å²) < 4.78 is 0. The molecule has 1 saturated carbocycles. The van der Waals surface area contributed by atoms with Gasteiger partial charge < -0.3 is 15.1 Å². The highest BCUT2D eigenvalue weighted by Crippen LogP contribution is 2.26. The van der Waals surface area contributed by atoms with Crippen LogP contribution < -0.4 is 5.32 Å². The van der Waals surface area contributed by atoms with Gasteiger partial charge in [-0.25, -0.2) is 0 Å². The van der Waals surface area contributed by atoms with Crippen molar-refractivity contribution in [2.75, 3.05) is 45.8 Å². The van der Waals surface area contributed by atoms with Crippen LogP contribution in [0, 0.1) is 11.8 Å². The lowest BCUT2D eigenvalue weighted by Crippen LogP contribution is -2.50. The van der Waals surface area contributed by atoms with Crippen molar-refractivity contribution < 1.29 is 0 Å². The van der Waals surface area contributed by atoms with Crippen LogP contribution in [0.2, 0.25) is 0 Å². The molecule has 0 aromatic rings. The predicted molar refractivity (Wildman–Crippen MR) is 82.5 cm³/mol. The van der Waals surface area contributed by atoms with Crippen LogP contribution >= 0.6 is 0 Å². The van der Waals surface area contributed by atoms with Gasteiger partial charge in [0, 0.05) is 45.3 Å². The van der Waals surface area contributed by atoms with E-state index in [1.54, 1.807) is 0 Å². The first-order valence-corrected chi connectivity index (χ1v) is 8.37. The molecule has 1 aliphatic heterocycles. The Morgan fingerprint density at radius 2 is 1.74 bits per heavy atom. The van der Waals surface area contributed by atoms with Gasteiger partial charge in [0.25, 0.3) is 0 Å². The molecule has 0 aromatic heterocycles. The first-order valence-electron chi connectivity index (χ1n) is 8.37. The third-order valence-corrected chi connectivity index (χ3v) is 4.71. The normalized spacial score (nSPS) is 30.3. The summed E-state index contributed by atoms with van der Waals surface area (Å²) in [6.45, 7) is 15.7. The van der Waals surface area contributed by atoms with E-state index in [2.05, 4.69) is 35.9 Å². The third kappa shape index (κ3) is 4.73. The Bertz CT molecular complexity index is 246. The summed E-state index contributed by atoms with van der Waals surface area (Å²) in [5.74, 6) is 1.70. The fraction of sp³-hybridized carbons (Fsp3) is 1.00. The Balaban J connectivity index is 1.70. The van der Waals surface area contributed by atoms with Crippen molar-refractivity contribution in [3.8, 4) is 0 Å². The van der Waals surface area contributed by atoms with Crippen molar-refractivity contribution in [2.45, 2.75) is 46.1 Å². The van der Waals surface area contributed by atoms with Crippen LogP contribution in [0.3, 0.4) is 0 Å². The molecule has 0 amide bonds. The van der Waals surface area contributed by atoms with E-state index in [1.807, 2.05) is 0 Å². The van der Waals surface area contributed by atoms with Crippen molar-refractivity contribution in [3.05, 3.63) is 0 Å². The van der Waals surface area contributed by atoms with Crippen LogP contribution in [-0.2, 0) is 0 Å². The van der Waals surface area contributed by atoms with Crippen LogP contribution in [0.1, 0.15) is 40.0 Å². The second kappa shape index (κ2) is 7.61. The van der Waals surface area contributed by atoms with Gasteiger partial charge in [0.1, 0.15) is 0 Å². The molecule has 2 atom stereocenters. The molecular formula is C16H33N3. The molecule has 1 aliphatic carbocycles. The van der Waals surface area contributed by atoms with Crippen LogP contribution in [0.15, 0.2) is 0 Å². The standard InChI is InChI=1S/C16H33N3/c1-4-17-16-7-5-6-15(16)13-19-10-8-18(9-11-19)12-14(2)3/h14-17H,4-13H2,1-3H3. The molecule has 1 saturated heterocycles. The molecule has 1 N–H and O–H groups in total. The van der Waals surface area contributed by atoms with Gasteiger partial charge in [-0.2, -0.15) is 0 Å². The SMILES string of the molecule is CCNC1CCCC1CN1CCN(CC(C)C)CC1. The molecular weight excluding hydrogens is 234 g/mol. The number of rotatable bonds is 6. The van der Waals surface area contributed by atoms with Crippen LogP contribution in [0.4, 0.5) is 0 Å². The van der Waals surface area contributed by atoms with E-state index in [-0.39, 0.29) is 0 Å². The van der Waals surface area contributed by atoms with E-state index < -0.39 is 0 Å². The minimum absolute atomic E-state index is 0.790. The first kappa shape index (κ1) is 15.3. The average molecular weight is 267 g/mol. The molecule has 0 radical (unpaired) electrons. The number of hydrogen-bond acceptors (Lipinski definition) is 3. The van der Waals surface area contributed by atoms with Crippen LogP contribution in [0.25, 0.3) is 0 Å². The Morgan fingerprint density at radius 3 is 2.37 bits per heavy atom. The second-order valence-corrected chi connectivity index (χ2v) is 6.85. The van der Waals surface area contributed by atoms with Crippen molar-refractivity contribution in [2.24, 2.45) is 11.8 Å². The van der Waals surface area contributed by atoms with E-state index in [1.165, 1.54) is 58.5 Å². The fourth-order valence-corrected chi connectivity index (χ4v) is 3.79. The lowest BCUT2D eigenvalue weighted by atomic mass is 10.0.